The monoisotopic (exact) mass is 344 g/mol. The molecule has 0 aliphatic carbocycles. The molecule has 0 saturated heterocycles. The second kappa shape index (κ2) is 8.44. The van der Waals surface area contributed by atoms with Gasteiger partial charge in [0.2, 0.25) is 0 Å². The van der Waals surface area contributed by atoms with Crippen LogP contribution >= 0.6 is 0 Å². The van der Waals surface area contributed by atoms with E-state index in [2.05, 4.69) is 4.89 Å². The number of rotatable bonds is 4. The van der Waals surface area contributed by atoms with Gasteiger partial charge in [0.15, 0.2) is 0 Å². The Hall–Kier alpha value is -3.66. The van der Waals surface area contributed by atoms with Gasteiger partial charge in [-0.2, -0.15) is 0 Å². The minimum atomic E-state index is -0.734. The quantitative estimate of drug-likeness (QED) is 0.388. The number of carbonyl (C=O) groups excluding carboxylic acids is 2. The summed E-state index contributed by atoms with van der Waals surface area (Å²) in [5.41, 5.74) is 2.28. The van der Waals surface area contributed by atoms with Crippen LogP contribution in [0.1, 0.15) is 31.8 Å². The van der Waals surface area contributed by atoms with Crippen LogP contribution in [0.15, 0.2) is 84.9 Å². The molecular weight excluding hydrogens is 328 g/mol. The normalized spacial score (nSPS) is 10.5. The number of hydrogen-bond acceptors (Lipinski definition) is 4. The van der Waals surface area contributed by atoms with Gasteiger partial charge in [-0.1, -0.05) is 78.9 Å². The number of benzene rings is 3. The lowest BCUT2D eigenvalue weighted by atomic mass is 10.1. The fraction of sp³-hybridized carbons (Fsp3) is 0. The zero-order valence-electron chi connectivity index (χ0n) is 13.9. The van der Waals surface area contributed by atoms with E-state index in [9.17, 15) is 9.59 Å². The van der Waals surface area contributed by atoms with Crippen LogP contribution in [0, 0.1) is 0 Å². The van der Waals surface area contributed by atoms with Gasteiger partial charge >= 0.3 is 11.9 Å². The minimum absolute atomic E-state index is 0.303. The van der Waals surface area contributed by atoms with Crippen LogP contribution in [0.4, 0.5) is 0 Å². The lowest BCUT2D eigenvalue weighted by molar-refractivity contribution is -0.187. The van der Waals surface area contributed by atoms with Gasteiger partial charge in [-0.3, -0.25) is 0 Å². The first-order chi connectivity index (χ1) is 12.7. The van der Waals surface area contributed by atoms with Crippen molar-refractivity contribution in [3.05, 3.63) is 107 Å². The largest absolute Gasteiger partial charge is 0.386 e. The van der Waals surface area contributed by atoms with Crippen molar-refractivity contribution in [2.75, 3.05) is 0 Å². The van der Waals surface area contributed by atoms with Gasteiger partial charge in [0.1, 0.15) is 0 Å². The van der Waals surface area contributed by atoms with Crippen molar-refractivity contribution in [3.63, 3.8) is 0 Å². The van der Waals surface area contributed by atoms with Crippen LogP contribution < -0.4 is 0 Å². The summed E-state index contributed by atoms with van der Waals surface area (Å²) in [5.74, 6) is -1.46. The molecule has 0 aliphatic rings. The molecular formula is C22H16O4. The van der Waals surface area contributed by atoms with E-state index in [1.807, 2.05) is 48.6 Å². The second-order valence-electron chi connectivity index (χ2n) is 5.44. The Balaban J connectivity index is 1.70. The molecule has 0 N–H and O–H groups in total. The zero-order chi connectivity index (χ0) is 18.2. The van der Waals surface area contributed by atoms with Gasteiger partial charge in [-0.05, 0) is 29.3 Å². The summed E-state index contributed by atoms with van der Waals surface area (Å²) in [6, 6.07) is 25.0. The highest BCUT2D eigenvalue weighted by Crippen LogP contribution is 2.15. The molecule has 0 saturated carbocycles. The third kappa shape index (κ3) is 4.45. The van der Waals surface area contributed by atoms with Gasteiger partial charge in [-0.15, -0.1) is 0 Å². The number of carbonyl (C=O) groups is 2. The summed E-state index contributed by atoms with van der Waals surface area (Å²) in [6.45, 7) is 0. The molecule has 3 rings (SSSR count). The van der Waals surface area contributed by atoms with Crippen LogP contribution in [0.3, 0.4) is 0 Å². The fourth-order valence-corrected chi connectivity index (χ4v) is 2.32. The predicted octanol–water partition coefficient (Wildman–Crippen LogP) is 4.79. The third-order valence-corrected chi connectivity index (χ3v) is 3.64. The zero-order valence-corrected chi connectivity index (χ0v) is 13.9. The highest BCUT2D eigenvalue weighted by atomic mass is 17.2. The van der Waals surface area contributed by atoms with E-state index in [-0.39, 0.29) is 0 Å². The van der Waals surface area contributed by atoms with Crippen molar-refractivity contribution < 1.29 is 19.4 Å². The summed E-state index contributed by atoms with van der Waals surface area (Å²) in [7, 11) is 0. The van der Waals surface area contributed by atoms with Crippen LogP contribution in [-0.2, 0) is 9.78 Å². The standard InChI is InChI=1S/C22H16O4/c23-21(19-12-5-2-6-13-19)25-26-22(24)20-14-8-7-11-18(20)16-15-17-9-3-1-4-10-17/h1-16H/b16-15+. The van der Waals surface area contributed by atoms with E-state index in [0.717, 1.165) is 5.56 Å². The van der Waals surface area contributed by atoms with Crippen molar-refractivity contribution in [3.8, 4) is 0 Å². The molecule has 3 aromatic rings. The van der Waals surface area contributed by atoms with Crippen molar-refractivity contribution >= 4 is 24.1 Å². The van der Waals surface area contributed by atoms with Crippen LogP contribution in [-0.4, -0.2) is 11.9 Å². The highest BCUT2D eigenvalue weighted by molar-refractivity contribution is 5.95. The molecule has 3 aromatic carbocycles. The molecule has 0 radical (unpaired) electrons. The van der Waals surface area contributed by atoms with Crippen molar-refractivity contribution in [2.24, 2.45) is 0 Å². The molecule has 0 amide bonds. The predicted molar refractivity (Wildman–Crippen MR) is 99.1 cm³/mol. The maximum atomic E-state index is 12.3. The first-order valence-electron chi connectivity index (χ1n) is 8.04. The molecule has 128 valence electrons. The van der Waals surface area contributed by atoms with Crippen molar-refractivity contribution in [1.29, 1.82) is 0 Å². The van der Waals surface area contributed by atoms with Crippen LogP contribution in [0.5, 0.6) is 0 Å². The Morgan fingerprint density at radius 3 is 1.92 bits per heavy atom. The molecule has 4 heteroatoms. The fourth-order valence-electron chi connectivity index (χ4n) is 2.32. The first-order valence-corrected chi connectivity index (χ1v) is 8.04. The third-order valence-electron chi connectivity index (χ3n) is 3.64. The van der Waals surface area contributed by atoms with E-state index in [1.54, 1.807) is 48.5 Å². The topological polar surface area (TPSA) is 52.6 Å². The second-order valence-corrected chi connectivity index (χ2v) is 5.44. The van der Waals surface area contributed by atoms with Crippen LogP contribution in [0.25, 0.3) is 12.2 Å². The smallest absolute Gasteiger partial charge is 0.242 e. The summed E-state index contributed by atoms with van der Waals surface area (Å²) in [6.07, 6.45) is 3.70. The van der Waals surface area contributed by atoms with Gasteiger partial charge < -0.3 is 0 Å². The van der Waals surface area contributed by atoms with E-state index in [1.165, 1.54) is 0 Å². The van der Waals surface area contributed by atoms with Gasteiger partial charge in [-0.25, -0.2) is 19.4 Å². The maximum absolute atomic E-state index is 12.3. The Bertz CT molecular complexity index is 915. The Morgan fingerprint density at radius 2 is 1.19 bits per heavy atom. The molecule has 0 unspecified atom stereocenters. The maximum Gasteiger partial charge on any atom is 0.386 e. The lowest BCUT2D eigenvalue weighted by Gasteiger charge is -2.06. The van der Waals surface area contributed by atoms with Crippen molar-refractivity contribution in [1.82, 2.24) is 0 Å². The molecule has 0 bridgehead atoms. The van der Waals surface area contributed by atoms with E-state index >= 15 is 0 Å². The summed E-state index contributed by atoms with van der Waals surface area (Å²) >= 11 is 0. The molecule has 0 heterocycles. The van der Waals surface area contributed by atoms with Gasteiger partial charge in [0.05, 0.1) is 11.1 Å². The lowest BCUT2D eigenvalue weighted by Crippen LogP contribution is -2.12. The summed E-state index contributed by atoms with van der Waals surface area (Å²) in [4.78, 5) is 33.5. The molecule has 0 atom stereocenters. The van der Waals surface area contributed by atoms with E-state index in [0.29, 0.717) is 16.7 Å². The Labute approximate surface area is 151 Å². The first kappa shape index (κ1) is 17.2. The molecule has 0 aliphatic heterocycles. The van der Waals surface area contributed by atoms with Gasteiger partial charge in [0, 0.05) is 0 Å². The van der Waals surface area contributed by atoms with Crippen molar-refractivity contribution in [2.45, 2.75) is 0 Å². The van der Waals surface area contributed by atoms with Crippen LogP contribution in [0.2, 0.25) is 0 Å². The summed E-state index contributed by atoms with van der Waals surface area (Å²) < 4.78 is 0. The highest BCUT2D eigenvalue weighted by Gasteiger charge is 2.15. The van der Waals surface area contributed by atoms with Gasteiger partial charge in [0.25, 0.3) is 0 Å². The molecule has 26 heavy (non-hydrogen) atoms. The summed E-state index contributed by atoms with van der Waals surface area (Å²) in [5, 5.41) is 0. The van der Waals surface area contributed by atoms with E-state index < -0.39 is 11.9 Å². The molecule has 4 nitrogen and oxygen atoms in total. The van der Waals surface area contributed by atoms with E-state index in [4.69, 9.17) is 4.89 Å². The Kier molecular flexibility index (Phi) is 5.58. The average molecular weight is 344 g/mol. The minimum Gasteiger partial charge on any atom is -0.242 e. The molecule has 0 spiro atoms. The number of hydrogen-bond donors (Lipinski definition) is 0. The Morgan fingerprint density at radius 1 is 0.615 bits per heavy atom. The SMILES string of the molecule is O=C(OOC(=O)c1ccccc1/C=C/c1ccccc1)c1ccccc1. The average Bonchev–Trinajstić information content (AvgIpc) is 2.72. The molecule has 0 aromatic heterocycles. The molecule has 0 fully saturated rings.